The molecule has 1 N–H and O–H groups in total. The molecular weight excluding hydrogens is 236 g/mol. The molecule has 102 valence electrons. The van der Waals surface area contributed by atoms with Crippen LogP contribution in [0.5, 0.6) is 5.75 Å². The summed E-state index contributed by atoms with van der Waals surface area (Å²) in [4.78, 5) is 2.43. The second kappa shape index (κ2) is 4.14. The van der Waals surface area contributed by atoms with Gasteiger partial charge in [0.15, 0.2) is 0 Å². The van der Waals surface area contributed by atoms with E-state index in [-0.39, 0.29) is 5.41 Å². The summed E-state index contributed by atoms with van der Waals surface area (Å²) in [5.41, 5.74) is 4.55. The van der Waals surface area contributed by atoms with Crippen molar-refractivity contribution in [3.8, 4) is 5.75 Å². The molecule has 0 saturated carbocycles. The Bertz CT molecular complexity index is 504. The lowest BCUT2D eigenvalue weighted by Gasteiger charge is -2.37. The van der Waals surface area contributed by atoms with E-state index >= 15 is 0 Å². The highest BCUT2D eigenvalue weighted by molar-refractivity contribution is 5.62. The summed E-state index contributed by atoms with van der Waals surface area (Å²) in [6.45, 7) is 4.38. The molecule has 3 aliphatic heterocycles. The Morgan fingerprint density at radius 1 is 1.26 bits per heavy atom. The van der Waals surface area contributed by atoms with Gasteiger partial charge in [0.05, 0.1) is 6.61 Å². The normalized spacial score (nSPS) is 24.5. The van der Waals surface area contributed by atoms with Crippen molar-refractivity contribution in [2.75, 3.05) is 38.6 Å². The van der Waals surface area contributed by atoms with Crippen LogP contribution < -0.4 is 10.1 Å². The fraction of sp³-hybridized carbons (Fsp3) is 0.625. The van der Waals surface area contributed by atoms with Crippen LogP contribution in [0, 0.1) is 0 Å². The molecular formula is C16H22N2O. The molecule has 1 aromatic rings. The van der Waals surface area contributed by atoms with Crippen molar-refractivity contribution in [2.45, 2.75) is 31.1 Å². The van der Waals surface area contributed by atoms with Crippen LogP contribution in [0.25, 0.3) is 0 Å². The molecule has 1 fully saturated rings. The van der Waals surface area contributed by atoms with Crippen molar-refractivity contribution < 1.29 is 4.74 Å². The Balaban J connectivity index is 1.74. The Labute approximate surface area is 114 Å². The lowest BCUT2D eigenvalue weighted by Crippen LogP contribution is -2.41. The number of fused-ring (bicyclic) bond motifs is 3. The van der Waals surface area contributed by atoms with Gasteiger partial charge in [-0.3, -0.25) is 0 Å². The largest absolute Gasteiger partial charge is 0.492 e. The van der Waals surface area contributed by atoms with E-state index < -0.39 is 0 Å². The maximum Gasteiger partial charge on any atom is 0.123 e. The fourth-order valence-corrected chi connectivity index (χ4v) is 3.78. The number of likely N-dealkylation sites (tertiary alicyclic amines) is 1. The molecule has 0 aromatic heterocycles. The van der Waals surface area contributed by atoms with Crippen LogP contribution in [0.15, 0.2) is 12.1 Å². The summed E-state index contributed by atoms with van der Waals surface area (Å²) in [6, 6.07) is 4.69. The van der Waals surface area contributed by atoms with Crippen LogP contribution >= 0.6 is 0 Å². The standard InChI is InChI=1S/C16H22N2O/c1-18-7-4-16(5-8-18)11-19-15-9-12-3-2-6-17-14(12)10-13(15)16/h9-10,17H,2-8,11H2,1H3. The van der Waals surface area contributed by atoms with Crippen molar-refractivity contribution in [3.63, 3.8) is 0 Å². The van der Waals surface area contributed by atoms with Crippen molar-refractivity contribution in [1.82, 2.24) is 4.90 Å². The van der Waals surface area contributed by atoms with Crippen molar-refractivity contribution in [2.24, 2.45) is 0 Å². The third-order valence-corrected chi connectivity index (χ3v) is 5.16. The Morgan fingerprint density at radius 3 is 2.95 bits per heavy atom. The maximum absolute atomic E-state index is 6.05. The molecule has 0 bridgehead atoms. The number of piperidine rings is 1. The van der Waals surface area contributed by atoms with Gasteiger partial charge in [-0.25, -0.2) is 0 Å². The number of hydrogen-bond acceptors (Lipinski definition) is 3. The number of hydrogen-bond donors (Lipinski definition) is 1. The number of ether oxygens (including phenoxy) is 1. The summed E-state index contributed by atoms with van der Waals surface area (Å²) >= 11 is 0. The fourth-order valence-electron chi connectivity index (χ4n) is 3.78. The second-order valence-electron chi connectivity index (χ2n) is 6.41. The average molecular weight is 258 g/mol. The summed E-state index contributed by atoms with van der Waals surface area (Å²) < 4.78 is 6.05. The van der Waals surface area contributed by atoms with E-state index in [4.69, 9.17) is 4.74 Å². The summed E-state index contributed by atoms with van der Waals surface area (Å²) in [5.74, 6) is 1.16. The molecule has 19 heavy (non-hydrogen) atoms. The zero-order valence-corrected chi connectivity index (χ0v) is 11.7. The topological polar surface area (TPSA) is 24.5 Å². The van der Waals surface area contributed by atoms with E-state index in [9.17, 15) is 0 Å². The van der Waals surface area contributed by atoms with Crippen molar-refractivity contribution >= 4 is 5.69 Å². The minimum Gasteiger partial charge on any atom is -0.492 e. The predicted molar refractivity (Wildman–Crippen MR) is 77.2 cm³/mol. The number of rotatable bonds is 0. The van der Waals surface area contributed by atoms with Crippen LogP contribution in [-0.2, 0) is 11.8 Å². The number of nitrogens with one attached hydrogen (secondary N) is 1. The van der Waals surface area contributed by atoms with E-state index in [1.165, 1.54) is 55.6 Å². The van der Waals surface area contributed by atoms with Gasteiger partial charge in [0.25, 0.3) is 0 Å². The Hall–Kier alpha value is -1.22. The van der Waals surface area contributed by atoms with Gasteiger partial charge >= 0.3 is 0 Å². The number of nitrogens with zero attached hydrogens (tertiary/aromatic N) is 1. The molecule has 0 atom stereocenters. The maximum atomic E-state index is 6.05. The van der Waals surface area contributed by atoms with Crippen LogP contribution in [0.3, 0.4) is 0 Å². The predicted octanol–water partition coefficient (Wildman–Crippen LogP) is 2.40. The SMILES string of the molecule is CN1CCC2(CC1)COc1cc3c(cc12)NCCC3. The molecule has 0 amide bonds. The first-order chi connectivity index (χ1) is 9.27. The molecule has 0 unspecified atom stereocenters. The minimum absolute atomic E-state index is 0.288. The van der Waals surface area contributed by atoms with E-state index in [0.717, 1.165) is 18.9 Å². The molecule has 1 saturated heterocycles. The summed E-state index contributed by atoms with van der Waals surface area (Å²) in [6.07, 6.45) is 4.89. The van der Waals surface area contributed by atoms with Crippen molar-refractivity contribution in [3.05, 3.63) is 23.3 Å². The molecule has 0 aliphatic carbocycles. The molecule has 4 rings (SSSR count). The third kappa shape index (κ3) is 1.75. The number of anilines is 1. The highest BCUT2D eigenvalue weighted by Gasteiger charge is 2.43. The Kier molecular flexibility index (Phi) is 2.52. The third-order valence-electron chi connectivity index (χ3n) is 5.16. The highest BCUT2D eigenvalue weighted by Crippen LogP contribution is 2.47. The lowest BCUT2D eigenvalue weighted by atomic mass is 9.74. The highest BCUT2D eigenvalue weighted by atomic mass is 16.5. The first-order valence-corrected chi connectivity index (χ1v) is 7.49. The quantitative estimate of drug-likeness (QED) is 0.773. The van der Waals surface area contributed by atoms with Crippen LogP contribution in [0.2, 0.25) is 0 Å². The van der Waals surface area contributed by atoms with Gasteiger partial charge in [0.1, 0.15) is 5.75 Å². The minimum atomic E-state index is 0.288. The molecule has 3 aliphatic rings. The van der Waals surface area contributed by atoms with Gasteiger partial charge in [0, 0.05) is 23.2 Å². The Morgan fingerprint density at radius 2 is 2.11 bits per heavy atom. The van der Waals surface area contributed by atoms with Gasteiger partial charge in [-0.05, 0) is 63.5 Å². The molecule has 3 heterocycles. The number of benzene rings is 1. The smallest absolute Gasteiger partial charge is 0.123 e. The van der Waals surface area contributed by atoms with E-state index in [0.29, 0.717) is 0 Å². The molecule has 0 radical (unpaired) electrons. The van der Waals surface area contributed by atoms with Gasteiger partial charge in [0.2, 0.25) is 0 Å². The van der Waals surface area contributed by atoms with Crippen LogP contribution in [0.4, 0.5) is 5.69 Å². The molecule has 1 aromatic carbocycles. The van der Waals surface area contributed by atoms with Gasteiger partial charge in [-0.1, -0.05) is 0 Å². The van der Waals surface area contributed by atoms with Gasteiger partial charge in [-0.15, -0.1) is 0 Å². The van der Waals surface area contributed by atoms with Gasteiger partial charge in [-0.2, -0.15) is 0 Å². The van der Waals surface area contributed by atoms with Crippen molar-refractivity contribution in [1.29, 1.82) is 0 Å². The van der Waals surface area contributed by atoms with E-state index in [1.807, 2.05) is 0 Å². The first kappa shape index (κ1) is 11.6. The first-order valence-electron chi connectivity index (χ1n) is 7.49. The van der Waals surface area contributed by atoms with Gasteiger partial charge < -0.3 is 15.0 Å². The lowest BCUT2D eigenvalue weighted by molar-refractivity contribution is 0.155. The zero-order chi connectivity index (χ0) is 12.9. The van der Waals surface area contributed by atoms with E-state index in [1.54, 1.807) is 0 Å². The van der Waals surface area contributed by atoms with Crippen LogP contribution in [0.1, 0.15) is 30.4 Å². The second-order valence-corrected chi connectivity index (χ2v) is 6.41. The molecule has 3 nitrogen and oxygen atoms in total. The summed E-state index contributed by atoms with van der Waals surface area (Å²) in [7, 11) is 2.22. The summed E-state index contributed by atoms with van der Waals surface area (Å²) in [5, 5.41) is 3.56. The zero-order valence-electron chi connectivity index (χ0n) is 11.7. The molecule has 1 spiro atoms. The van der Waals surface area contributed by atoms with Crippen LogP contribution in [-0.4, -0.2) is 38.2 Å². The number of aryl methyl sites for hydroxylation is 1. The van der Waals surface area contributed by atoms with E-state index in [2.05, 4.69) is 29.4 Å². The monoisotopic (exact) mass is 258 g/mol. The average Bonchev–Trinajstić information content (AvgIpc) is 2.78. The molecule has 3 heteroatoms.